The highest BCUT2D eigenvalue weighted by atomic mass is 16.5. The van der Waals surface area contributed by atoms with Crippen LogP contribution >= 0.6 is 0 Å². The molecule has 0 radical (unpaired) electrons. The number of likely N-dealkylation sites (tertiary alicyclic amines) is 2. The van der Waals surface area contributed by atoms with E-state index in [1.54, 1.807) is 31.6 Å². The summed E-state index contributed by atoms with van der Waals surface area (Å²) in [6, 6.07) is 9.53. The van der Waals surface area contributed by atoms with Crippen molar-refractivity contribution in [2.75, 3.05) is 34.4 Å². The number of fused-ring (bicyclic) bond motifs is 2. The van der Waals surface area contributed by atoms with Crippen LogP contribution in [0.2, 0.25) is 0 Å². The Morgan fingerprint density at radius 1 is 0.882 bits per heavy atom. The van der Waals surface area contributed by atoms with Crippen LogP contribution in [-0.2, 0) is 23.9 Å². The first kappa shape index (κ1) is 22.6. The number of carbonyl (C=O) groups is 3. The van der Waals surface area contributed by atoms with Crippen molar-refractivity contribution >= 4 is 17.7 Å². The first-order valence-electron chi connectivity index (χ1n) is 11.4. The Balaban J connectivity index is 1.87. The first-order chi connectivity index (χ1) is 16.4. The maximum atomic E-state index is 14.6. The monoisotopic (exact) mass is 464 g/mol. The number of nitrogens with zero attached hydrogens (tertiary/aromatic N) is 4. The van der Waals surface area contributed by atoms with Crippen molar-refractivity contribution in [3.05, 3.63) is 60.2 Å². The molecule has 0 aromatic carbocycles. The zero-order chi connectivity index (χ0) is 24.1. The van der Waals surface area contributed by atoms with E-state index in [0.717, 1.165) is 12.8 Å². The van der Waals surface area contributed by atoms with Gasteiger partial charge in [-0.2, -0.15) is 0 Å². The number of pyridine rings is 2. The van der Waals surface area contributed by atoms with Crippen LogP contribution in [0.5, 0.6) is 0 Å². The number of hydrogen-bond donors (Lipinski definition) is 0. The molecule has 9 nitrogen and oxygen atoms in total. The van der Waals surface area contributed by atoms with Gasteiger partial charge in [-0.05, 0) is 44.2 Å². The predicted molar refractivity (Wildman–Crippen MR) is 120 cm³/mol. The number of methoxy groups -OCH3 is 2. The minimum atomic E-state index is -1.65. The van der Waals surface area contributed by atoms with E-state index in [2.05, 4.69) is 14.9 Å². The van der Waals surface area contributed by atoms with Gasteiger partial charge in [0.2, 0.25) is 0 Å². The minimum Gasteiger partial charge on any atom is -0.468 e. The van der Waals surface area contributed by atoms with E-state index < -0.39 is 40.6 Å². The fraction of sp³-hybridized carbons (Fsp3) is 0.480. The highest BCUT2D eigenvalue weighted by Crippen LogP contribution is 2.62. The highest BCUT2D eigenvalue weighted by molar-refractivity contribution is 6.17. The van der Waals surface area contributed by atoms with Gasteiger partial charge in [0, 0.05) is 31.5 Å². The Kier molecular flexibility index (Phi) is 5.49. The summed E-state index contributed by atoms with van der Waals surface area (Å²) in [6.07, 6.45) is 5.07. The third-order valence-electron chi connectivity index (χ3n) is 7.38. The quantitative estimate of drug-likeness (QED) is 0.482. The number of hydrogen-bond acceptors (Lipinski definition) is 9. The molecule has 5 rings (SSSR count). The van der Waals surface area contributed by atoms with Crippen molar-refractivity contribution < 1.29 is 23.9 Å². The lowest BCUT2D eigenvalue weighted by Crippen LogP contribution is -2.75. The van der Waals surface area contributed by atoms with Crippen LogP contribution in [-0.4, -0.2) is 77.9 Å². The third kappa shape index (κ3) is 3.03. The van der Waals surface area contributed by atoms with Gasteiger partial charge in [0.15, 0.2) is 16.6 Å². The summed E-state index contributed by atoms with van der Waals surface area (Å²) in [4.78, 5) is 55.1. The number of piperidine rings is 2. The summed E-state index contributed by atoms with van der Waals surface area (Å²) in [5.41, 5.74) is -2.14. The van der Waals surface area contributed by atoms with Crippen molar-refractivity contribution in [3.63, 3.8) is 0 Å². The molecule has 4 unspecified atom stereocenters. The number of ketones is 1. The number of carbonyl (C=O) groups excluding carboxylic acids is 3. The number of ether oxygens (including phenoxy) is 2. The van der Waals surface area contributed by atoms with Crippen LogP contribution < -0.4 is 0 Å². The summed E-state index contributed by atoms with van der Waals surface area (Å²) in [5, 5.41) is 0. The molecule has 34 heavy (non-hydrogen) atoms. The molecule has 3 fully saturated rings. The van der Waals surface area contributed by atoms with Gasteiger partial charge >= 0.3 is 11.9 Å². The molecule has 4 atom stereocenters. The maximum absolute atomic E-state index is 14.6. The summed E-state index contributed by atoms with van der Waals surface area (Å²) in [7, 11) is 4.36. The predicted octanol–water partition coefficient (Wildman–Crippen LogP) is 1.57. The van der Waals surface area contributed by atoms with Gasteiger partial charge in [-0.1, -0.05) is 12.1 Å². The lowest BCUT2D eigenvalue weighted by molar-refractivity contribution is -0.205. The first-order valence-corrected chi connectivity index (χ1v) is 11.4. The molecule has 0 N–H and O–H groups in total. The van der Waals surface area contributed by atoms with E-state index in [-0.39, 0.29) is 19.1 Å². The van der Waals surface area contributed by atoms with Crippen LogP contribution in [0.1, 0.15) is 36.3 Å². The molecule has 2 aromatic heterocycles. The van der Waals surface area contributed by atoms with Crippen LogP contribution in [0.15, 0.2) is 48.8 Å². The standard InChI is InChI=1S/C25H28N4O5/c1-28-14-24(22(31)33-2)19(17-8-4-6-12-26-17)29(16-10-11-16)20(18-9-5-7-13-27-18)25(15-28,21(24)30)23(32)34-3/h4-9,12-13,16,19-20H,10-11,14-15H2,1-3H3. The summed E-state index contributed by atoms with van der Waals surface area (Å²) in [6.45, 7) is 0.216. The molecular weight excluding hydrogens is 436 g/mol. The zero-order valence-corrected chi connectivity index (χ0v) is 19.5. The number of esters is 2. The topological polar surface area (TPSA) is 102 Å². The van der Waals surface area contributed by atoms with Crippen molar-refractivity contribution in [1.82, 2.24) is 19.8 Å². The Morgan fingerprint density at radius 3 is 1.71 bits per heavy atom. The second kappa shape index (κ2) is 8.25. The fourth-order valence-corrected chi connectivity index (χ4v) is 6.11. The van der Waals surface area contributed by atoms with Crippen molar-refractivity contribution in [1.29, 1.82) is 0 Å². The smallest absolute Gasteiger partial charge is 0.322 e. The van der Waals surface area contributed by atoms with Crippen LogP contribution in [0.25, 0.3) is 0 Å². The molecule has 1 saturated carbocycles. The number of rotatable bonds is 5. The maximum Gasteiger partial charge on any atom is 0.322 e. The molecule has 0 spiro atoms. The SMILES string of the molecule is COC(=O)C12CN(C)CC(C(=O)OC)(C1=O)C(c1ccccn1)N(C1CC1)C2c1ccccn1. The Labute approximate surface area is 198 Å². The van der Waals surface area contributed by atoms with E-state index in [1.807, 2.05) is 29.2 Å². The second-order valence-corrected chi connectivity index (χ2v) is 9.42. The van der Waals surface area contributed by atoms with Gasteiger partial charge in [0.25, 0.3) is 0 Å². The molecule has 2 saturated heterocycles. The van der Waals surface area contributed by atoms with Gasteiger partial charge in [0.1, 0.15) is 0 Å². The molecule has 0 amide bonds. The van der Waals surface area contributed by atoms with Gasteiger partial charge < -0.3 is 14.4 Å². The van der Waals surface area contributed by atoms with Crippen LogP contribution in [0.3, 0.4) is 0 Å². The van der Waals surface area contributed by atoms with E-state index >= 15 is 0 Å². The molecule has 2 bridgehead atoms. The second-order valence-electron chi connectivity index (χ2n) is 9.42. The molecule has 9 heteroatoms. The average Bonchev–Trinajstić information content (AvgIpc) is 3.70. The average molecular weight is 465 g/mol. The van der Waals surface area contributed by atoms with Gasteiger partial charge in [-0.15, -0.1) is 0 Å². The van der Waals surface area contributed by atoms with Gasteiger partial charge in [0.05, 0.1) is 37.7 Å². The van der Waals surface area contributed by atoms with Crippen molar-refractivity contribution in [2.24, 2.45) is 10.8 Å². The van der Waals surface area contributed by atoms with E-state index in [9.17, 15) is 14.4 Å². The third-order valence-corrected chi connectivity index (χ3v) is 7.38. The fourth-order valence-electron chi connectivity index (χ4n) is 6.11. The van der Waals surface area contributed by atoms with Gasteiger partial charge in [-0.3, -0.25) is 29.3 Å². The number of Topliss-reactive ketones (excluding diaryl/α,β-unsaturated/α-hetero) is 1. The Bertz CT molecular complexity index is 1030. The van der Waals surface area contributed by atoms with Crippen LogP contribution in [0, 0.1) is 10.8 Å². The lowest BCUT2D eigenvalue weighted by atomic mass is 9.54. The molecule has 2 aliphatic heterocycles. The van der Waals surface area contributed by atoms with Crippen LogP contribution in [0.4, 0.5) is 0 Å². The molecular formula is C25H28N4O5. The highest BCUT2D eigenvalue weighted by Gasteiger charge is 2.76. The largest absolute Gasteiger partial charge is 0.468 e. The Hall–Kier alpha value is -3.17. The van der Waals surface area contributed by atoms with E-state index in [0.29, 0.717) is 11.4 Å². The number of aromatic nitrogens is 2. The molecule has 1 aliphatic carbocycles. The minimum absolute atomic E-state index is 0.0589. The molecule has 2 aromatic rings. The molecule has 178 valence electrons. The zero-order valence-electron chi connectivity index (χ0n) is 19.5. The van der Waals surface area contributed by atoms with Crippen molar-refractivity contribution in [2.45, 2.75) is 31.0 Å². The summed E-state index contributed by atoms with van der Waals surface area (Å²) >= 11 is 0. The normalized spacial score (nSPS) is 31.7. The molecule has 4 heterocycles. The molecule has 3 aliphatic rings. The van der Waals surface area contributed by atoms with E-state index in [1.165, 1.54) is 14.2 Å². The lowest BCUT2D eigenvalue weighted by Gasteiger charge is -2.61. The summed E-state index contributed by atoms with van der Waals surface area (Å²) in [5.74, 6) is -1.82. The Morgan fingerprint density at radius 2 is 1.35 bits per heavy atom. The van der Waals surface area contributed by atoms with Crippen molar-refractivity contribution in [3.8, 4) is 0 Å². The van der Waals surface area contributed by atoms with E-state index in [4.69, 9.17) is 9.47 Å². The summed E-state index contributed by atoms with van der Waals surface area (Å²) < 4.78 is 10.6. The van der Waals surface area contributed by atoms with Gasteiger partial charge in [-0.25, -0.2) is 0 Å².